The van der Waals surface area contributed by atoms with Crippen molar-refractivity contribution in [3.05, 3.63) is 53.7 Å². The van der Waals surface area contributed by atoms with Gasteiger partial charge in [-0.3, -0.25) is 14.7 Å². The number of hydrogen-bond acceptors (Lipinski definition) is 7. The Bertz CT molecular complexity index is 1340. The number of ether oxygens (including phenoxy) is 3. The van der Waals surface area contributed by atoms with E-state index in [1.807, 2.05) is 6.07 Å². The quantitative estimate of drug-likeness (QED) is 0.450. The van der Waals surface area contributed by atoms with Crippen LogP contribution in [0, 0.1) is 5.82 Å². The molecule has 2 aliphatic heterocycles. The molecule has 194 valence electrons. The van der Waals surface area contributed by atoms with Crippen molar-refractivity contribution in [1.82, 2.24) is 20.2 Å². The normalized spacial score (nSPS) is 20.3. The third kappa shape index (κ3) is 4.19. The van der Waals surface area contributed by atoms with E-state index in [0.29, 0.717) is 54.7 Å². The zero-order valence-corrected chi connectivity index (χ0v) is 20.9. The van der Waals surface area contributed by atoms with Crippen LogP contribution in [-0.4, -0.2) is 73.9 Å². The lowest BCUT2D eigenvalue weighted by Gasteiger charge is -2.32. The maximum absolute atomic E-state index is 14.5. The molecular formula is C27H30FN5O4. The minimum Gasteiger partial charge on any atom is -0.492 e. The molecule has 2 fully saturated rings. The molecule has 3 N–H and O–H groups in total. The highest BCUT2D eigenvalue weighted by Crippen LogP contribution is 2.54. The number of methoxy groups -OCH3 is 1. The number of amides is 1. The van der Waals surface area contributed by atoms with Gasteiger partial charge < -0.3 is 29.8 Å². The number of morpholine rings is 1. The molecule has 10 heteroatoms. The van der Waals surface area contributed by atoms with E-state index in [2.05, 4.69) is 32.5 Å². The first-order chi connectivity index (χ1) is 18.0. The summed E-state index contributed by atoms with van der Waals surface area (Å²) >= 11 is 0. The van der Waals surface area contributed by atoms with Gasteiger partial charge in [-0.1, -0.05) is 6.07 Å². The van der Waals surface area contributed by atoms with Crippen LogP contribution < -0.4 is 20.1 Å². The van der Waals surface area contributed by atoms with Gasteiger partial charge in [-0.2, -0.15) is 0 Å². The number of para-hydroxylation sites is 1. The zero-order chi connectivity index (χ0) is 25.6. The second-order valence-corrected chi connectivity index (χ2v) is 9.93. The Morgan fingerprint density at radius 2 is 2.19 bits per heavy atom. The van der Waals surface area contributed by atoms with Gasteiger partial charge in [0.05, 0.1) is 55.2 Å². The number of anilines is 2. The Hall–Kier alpha value is -3.63. The maximum Gasteiger partial charge on any atom is 0.255 e. The minimum absolute atomic E-state index is 0.0762. The second-order valence-electron chi connectivity index (χ2n) is 9.93. The van der Waals surface area contributed by atoms with Gasteiger partial charge in [-0.05, 0) is 38.1 Å². The van der Waals surface area contributed by atoms with Crippen LogP contribution in [0.3, 0.4) is 0 Å². The van der Waals surface area contributed by atoms with Crippen molar-refractivity contribution in [3.63, 3.8) is 0 Å². The van der Waals surface area contributed by atoms with E-state index in [1.165, 1.54) is 13.2 Å². The SMILES string of the molecule is COc1c(F)cccc1Nc1c(-c2ccncc2OCC2COCCN2C)[nH]c2c1C(=O)NCC21CC1. The molecular weight excluding hydrogens is 477 g/mol. The number of carbonyl (C=O) groups excluding carboxylic acids is 1. The van der Waals surface area contributed by atoms with Crippen molar-refractivity contribution < 1.29 is 23.4 Å². The maximum atomic E-state index is 14.5. The molecule has 1 spiro atoms. The number of benzene rings is 1. The van der Waals surface area contributed by atoms with Gasteiger partial charge in [0.25, 0.3) is 5.91 Å². The van der Waals surface area contributed by atoms with Crippen molar-refractivity contribution in [3.8, 4) is 22.8 Å². The molecule has 0 bridgehead atoms. The first kappa shape index (κ1) is 23.7. The average Bonchev–Trinajstić information content (AvgIpc) is 3.59. The van der Waals surface area contributed by atoms with Gasteiger partial charge in [0.2, 0.25) is 0 Å². The molecule has 1 saturated carbocycles. The topological polar surface area (TPSA) is 101 Å². The number of nitrogens with one attached hydrogen (secondary N) is 3. The van der Waals surface area contributed by atoms with Crippen molar-refractivity contribution in [2.24, 2.45) is 0 Å². The Balaban J connectivity index is 1.44. The van der Waals surface area contributed by atoms with Crippen molar-refractivity contribution >= 4 is 17.3 Å². The minimum atomic E-state index is -0.492. The summed E-state index contributed by atoms with van der Waals surface area (Å²) in [6, 6.07) is 6.64. The molecule has 1 atom stereocenters. The molecule has 4 heterocycles. The summed E-state index contributed by atoms with van der Waals surface area (Å²) in [4.78, 5) is 23.3. The summed E-state index contributed by atoms with van der Waals surface area (Å²) in [6.07, 6.45) is 5.34. The molecule has 3 aromatic rings. The summed E-state index contributed by atoms with van der Waals surface area (Å²) in [5.41, 5.74) is 3.74. The first-order valence-corrected chi connectivity index (χ1v) is 12.5. The van der Waals surface area contributed by atoms with Gasteiger partial charge in [0, 0.05) is 36.0 Å². The standard InChI is InChI=1S/C27H30FN5O4/c1-33-10-11-36-13-16(33)14-37-20-12-29-9-6-17(20)22-23(31-19-5-3-4-18(28)24(19)35-2)21-25(32-22)27(7-8-27)15-30-26(21)34/h3-6,9,12,16,31-32H,7-8,10-11,13-15H2,1-2H3,(H,30,34). The fraction of sp³-hybridized carbons (Fsp3) is 0.407. The summed E-state index contributed by atoms with van der Waals surface area (Å²) < 4.78 is 31.8. The van der Waals surface area contributed by atoms with Crippen LogP contribution in [0.15, 0.2) is 36.7 Å². The largest absolute Gasteiger partial charge is 0.492 e. The molecule has 1 amide bonds. The lowest BCUT2D eigenvalue weighted by atomic mass is 9.93. The molecule has 1 saturated heterocycles. The van der Waals surface area contributed by atoms with Crippen molar-refractivity contribution in [2.75, 3.05) is 52.4 Å². The lowest BCUT2D eigenvalue weighted by Crippen LogP contribution is -2.46. The number of pyridine rings is 1. The smallest absolute Gasteiger partial charge is 0.255 e. The highest BCUT2D eigenvalue weighted by Gasteiger charge is 2.51. The van der Waals surface area contributed by atoms with Crippen LogP contribution in [0.25, 0.3) is 11.3 Å². The summed E-state index contributed by atoms with van der Waals surface area (Å²) in [5.74, 6) is -0.00871. The van der Waals surface area contributed by atoms with Crippen LogP contribution >= 0.6 is 0 Å². The molecule has 3 aliphatic rings. The second kappa shape index (κ2) is 9.35. The monoisotopic (exact) mass is 507 g/mol. The fourth-order valence-corrected chi connectivity index (χ4v) is 5.21. The Morgan fingerprint density at radius 1 is 1.32 bits per heavy atom. The molecule has 37 heavy (non-hydrogen) atoms. The number of carbonyl (C=O) groups is 1. The molecule has 1 aliphatic carbocycles. The number of nitrogens with zero attached hydrogens (tertiary/aromatic N) is 2. The van der Waals surface area contributed by atoms with E-state index >= 15 is 0 Å². The van der Waals surface area contributed by atoms with E-state index in [4.69, 9.17) is 14.2 Å². The first-order valence-electron chi connectivity index (χ1n) is 12.5. The molecule has 1 aromatic carbocycles. The van der Waals surface area contributed by atoms with Gasteiger partial charge in [-0.15, -0.1) is 0 Å². The average molecular weight is 508 g/mol. The molecule has 2 aromatic heterocycles. The van der Waals surface area contributed by atoms with Crippen LogP contribution in [0.2, 0.25) is 0 Å². The lowest BCUT2D eigenvalue weighted by molar-refractivity contribution is -0.0107. The summed E-state index contributed by atoms with van der Waals surface area (Å²) in [7, 11) is 3.48. The molecule has 1 unspecified atom stereocenters. The van der Waals surface area contributed by atoms with Gasteiger partial charge in [0.1, 0.15) is 12.4 Å². The van der Waals surface area contributed by atoms with E-state index in [9.17, 15) is 9.18 Å². The van der Waals surface area contributed by atoms with Crippen LogP contribution in [0.5, 0.6) is 11.5 Å². The number of aromatic amines is 1. The van der Waals surface area contributed by atoms with Crippen LogP contribution in [0.1, 0.15) is 28.9 Å². The third-order valence-corrected chi connectivity index (χ3v) is 7.64. The highest BCUT2D eigenvalue weighted by molar-refractivity contribution is 6.07. The van der Waals surface area contributed by atoms with Crippen LogP contribution in [-0.2, 0) is 10.2 Å². The fourth-order valence-electron chi connectivity index (χ4n) is 5.21. The number of rotatable bonds is 7. The Morgan fingerprint density at radius 3 is 2.97 bits per heavy atom. The van der Waals surface area contributed by atoms with E-state index in [-0.39, 0.29) is 23.1 Å². The van der Waals surface area contributed by atoms with E-state index in [0.717, 1.165) is 30.6 Å². The predicted molar refractivity (Wildman–Crippen MR) is 136 cm³/mol. The number of halogens is 1. The number of aromatic nitrogens is 2. The van der Waals surface area contributed by atoms with Crippen LogP contribution in [0.4, 0.5) is 15.8 Å². The summed E-state index contributed by atoms with van der Waals surface area (Å²) in [5, 5.41) is 6.36. The van der Waals surface area contributed by atoms with E-state index in [1.54, 1.807) is 24.5 Å². The number of hydrogen-bond donors (Lipinski definition) is 3. The van der Waals surface area contributed by atoms with Crippen molar-refractivity contribution in [1.29, 1.82) is 0 Å². The number of H-pyrrole nitrogens is 1. The molecule has 6 rings (SSSR count). The van der Waals surface area contributed by atoms with Crippen molar-refractivity contribution in [2.45, 2.75) is 24.3 Å². The van der Waals surface area contributed by atoms with Gasteiger partial charge in [-0.25, -0.2) is 4.39 Å². The Labute approximate surface area is 214 Å². The Kier molecular flexibility index (Phi) is 6.00. The third-order valence-electron chi connectivity index (χ3n) is 7.64. The number of likely N-dealkylation sites (N-methyl/N-ethyl adjacent to an activating group) is 1. The molecule has 9 nitrogen and oxygen atoms in total. The highest BCUT2D eigenvalue weighted by atomic mass is 19.1. The van der Waals surface area contributed by atoms with E-state index < -0.39 is 5.82 Å². The molecule has 0 radical (unpaired) electrons. The van der Waals surface area contributed by atoms with Gasteiger partial charge >= 0.3 is 0 Å². The zero-order valence-electron chi connectivity index (χ0n) is 20.9. The van der Waals surface area contributed by atoms with Gasteiger partial charge in [0.15, 0.2) is 11.6 Å². The summed E-state index contributed by atoms with van der Waals surface area (Å²) in [6.45, 7) is 3.17. The predicted octanol–water partition coefficient (Wildman–Crippen LogP) is 3.45. The number of fused-ring (bicyclic) bond motifs is 2.